The molecule has 3 N–H and O–H groups in total. The van der Waals surface area contributed by atoms with E-state index in [-0.39, 0.29) is 6.54 Å². The van der Waals surface area contributed by atoms with Crippen molar-refractivity contribution in [3.05, 3.63) is 54.0 Å². The normalized spacial score (nSPS) is 13.4. The van der Waals surface area contributed by atoms with Crippen molar-refractivity contribution in [1.82, 2.24) is 0 Å². The Morgan fingerprint density at radius 2 is 1.89 bits per heavy atom. The summed E-state index contributed by atoms with van der Waals surface area (Å²) in [4.78, 5) is 0.304. The van der Waals surface area contributed by atoms with Gasteiger partial charge in [-0.15, -0.1) is 0 Å². The summed E-state index contributed by atoms with van der Waals surface area (Å²) in [5.74, 6) is 0.436. The standard InChI is InChI=1S/C13H15NO3S/c1-10-4-6-11(7-5-10)18(15,16)13(9-14)12-3-2-8-17-12/h2-8,13H,9,14H2,1H3/p+1/t13-/m1/s1. The summed E-state index contributed by atoms with van der Waals surface area (Å²) >= 11 is 0. The van der Waals surface area contributed by atoms with Gasteiger partial charge in [0.05, 0.1) is 17.7 Å². The van der Waals surface area contributed by atoms with E-state index >= 15 is 0 Å². The van der Waals surface area contributed by atoms with Crippen LogP contribution in [0.25, 0.3) is 0 Å². The molecule has 0 bridgehead atoms. The van der Waals surface area contributed by atoms with E-state index in [1.165, 1.54) is 6.26 Å². The summed E-state index contributed by atoms with van der Waals surface area (Å²) in [5.41, 5.74) is 4.74. The third-order valence-corrected chi connectivity index (χ3v) is 4.99. The van der Waals surface area contributed by atoms with Gasteiger partial charge in [-0.05, 0) is 31.2 Å². The van der Waals surface area contributed by atoms with Crippen molar-refractivity contribution in [2.45, 2.75) is 17.1 Å². The van der Waals surface area contributed by atoms with E-state index < -0.39 is 15.1 Å². The van der Waals surface area contributed by atoms with Crippen molar-refractivity contribution in [3.63, 3.8) is 0 Å². The molecule has 0 aliphatic heterocycles. The van der Waals surface area contributed by atoms with E-state index in [2.05, 4.69) is 5.73 Å². The maximum Gasteiger partial charge on any atom is 0.194 e. The predicted octanol–water partition coefficient (Wildman–Crippen LogP) is 1.34. The minimum Gasteiger partial charge on any atom is -0.468 e. The Kier molecular flexibility index (Phi) is 3.54. The van der Waals surface area contributed by atoms with Crippen LogP contribution in [0.2, 0.25) is 0 Å². The van der Waals surface area contributed by atoms with Gasteiger partial charge in [0.15, 0.2) is 15.1 Å². The fraction of sp³-hybridized carbons (Fsp3) is 0.231. The number of hydrogen-bond acceptors (Lipinski definition) is 3. The van der Waals surface area contributed by atoms with Crippen LogP contribution in [0.5, 0.6) is 0 Å². The lowest BCUT2D eigenvalue weighted by atomic mass is 10.2. The van der Waals surface area contributed by atoms with Crippen LogP contribution in [0.15, 0.2) is 52.0 Å². The van der Waals surface area contributed by atoms with Crippen molar-refractivity contribution < 1.29 is 18.6 Å². The number of aryl methyl sites for hydroxylation is 1. The maximum absolute atomic E-state index is 12.5. The van der Waals surface area contributed by atoms with E-state index in [9.17, 15) is 8.42 Å². The number of hydrogen-bond donors (Lipinski definition) is 1. The molecule has 0 radical (unpaired) electrons. The SMILES string of the molecule is Cc1ccc(S(=O)(=O)[C@H](C[NH3+])c2ccco2)cc1. The van der Waals surface area contributed by atoms with Gasteiger partial charge in [0, 0.05) is 0 Å². The van der Waals surface area contributed by atoms with Crippen molar-refractivity contribution in [2.75, 3.05) is 6.54 Å². The molecule has 4 nitrogen and oxygen atoms in total. The van der Waals surface area contributed by atoms with Gasteiger partial charge in [0.2, 0.25) is 0 Å². The first kappa shape index (κ1) is 12.9. The molecule has 96 valence electrons. The summed E-state index contributed by atoms with van der Waals surface area (Å²) in [6, 6.07) is 10.2. The van der Waals surface area contributed by atoms with Gasteiger partial charge in [-0.2, -0.15) is 0 Å². The summed E-state index contributed by atoms with van der Waals surface area (Å²) < 4.78 is 30.1. The molecule has 1 atom stereocenters. The zero-order valence-electron chi connectivity index (χ0n) is 10.2. The molecule has 0 saturated carbocycles. The number of benzene rings is 1. The van der Waals surface area contributed by atoms with Crippen LogP contribution in [0.3, 0.4) is 0 Å². The third-order valence-electron chi connectivity index (χ3n) is 2.85. The Morgan fingerprint density at radius 1 is 1.22 bits per heavy atom. The lowest BCUT2D eigenvalue weighted by molar-refractivity contribution is -0.368. The second-order valence-electron chi connectivity index (χ2n) is 4.15. The van der Waals surface area contributed by atoms with Gasteiger partial charge in [-0.25, -0.2) is 8.42 Å². The molecule has 2 rings (SSSR count). The van der Waals surface area contributed by atoms with Gasteiger partial charge in [-0.1, -0.05) is 17.7 Å². The lowest BCUT2D eigenvalue weighted by Gasteiger charge is -2.12. The molecule has 0 aliphatic rings. The fourth-order valence-electron chi connectivity index (χ4n) is 1.82. The average molecular weight is 266 g/mol. The molecule has 0 unspecified atom stereocenters. The fourth-order valence-corrected chi connectivity index (χ4v) is 3.41. The molecule has 0 fully saturated rings. The number of rotatable bonds is 4. The van der Waals surface area contributed by atoms with Crippen LogP contribution < -0.4 is 5.73 Å². The first-order valence-electron chi connectivity index (χ1n) is 5.69. The summed E-state index contributed by atoms with van der Waals surface area (Å²) in [6.45, 7) is 2.16. The van der Waals surface area contributed by atoms with Crippen LogP contribution in [0.4, 0.5) is 0 Å². The van der Waals surface area contributed by atoms with Crippen LogP contribution in [0, 0.1) is 6.92 Å². The molecule has 1 aromatic heterocycles. The Morgan fingerprint density at radius 3 is 2.39 bits per heavy atom. The smallest absolute Gasteiger partial charge is 0.194 e. The van der Waals surface area contributed by atoms with Crippen LogP contribution in [-0.2, 0) is 9.84 Å². The molecular weight excluding hydrogens is 250 g/mol. The van der Waals surface area contributed by atoms with Gasteiger partial charge in [-0.3, -0.25) is 0 Å². The first-order valence-corrected chi connectivity index (χ1v) is 7.23. The molecule has 18 heavy (non-hydrogen) atoms. The lowest BCUT2D eigenvalue weighted by Crippen LogP contribution is -2.54. The summed E-state index contributed by atoms with van der Waals surface area (Å²) in [6.07, 6.45) is 1.47. The molecular formula is C13H16NO3S+. The molecule has 1 heterocycles. The first-order chi connectivity index (χ1) is 8.55. The van der Waals surface area contributed by atoms with E-state index in [1.807, 2.05) is 6.92 Å². The van der Waals surface area contributed by atoms with Crippen molar-refractivity contribution in [3.8, 4) is 0 Å². The molecule has 5 heteroatoms. The van der Waals surface area contributed by atoms with Crippen molar-refractivity contribution in [2.24, 2.45) is 0 Å². The second-order valence-corrected chi connectivity index (χ2v) is 6.28. The monoisotopic (exact) mass is 266 g/mol. The molecule has 0 saturated heterocycles. The van der Waals surface area contributed by atoms with Gasteiger partial charge < -0.3 is 10.2 Å². The van der Waals surface area contributed by atoms with Gasteiger partial charge >= 0.3 is 0 Å². The molecule has 0 aliphatic carbocycles. The van der Waals surface area contributed by atoms with Crippen LogP contribution in [-0.4, -0.2) is 15.0 Å². The highest BCUT2D eigenvalue weighted by atomic mass is 32.2. The van der Waals surface area contributed by atoms with Crippen molar-refractivity contribution in [1.29, 1.82) is 0 Å². The van der Waals surface area contributed by atoms with Crippen molar-refractivity contribution >= 4 is 9.84 Å². The highest BCUT2D eigenvalue weighted by Crippen LogP contribution is 2.28. The number of quaternary nitrogens is 1. The Balaban J connectivity index is 2.44. The molecule has 0 spiro atoms. The third kappa shape index (κ3) is 2.32. The number of sulfone groups is 1. The van der Waals surface area contributed by atoms with E-state index in [4.69, 9.17) is 4.42 Å². The predicted molar refractivity (Wildman–Crippen MR) is 67.6 cm³/mol. The zero-order chi connectivity index (χ0) is 13.2. The van der Waals surface area contributed by atoms with Gasteiger partial charge in [0.25, 0.3) is 0 Å². The highest BCUT2D eigenvalue weighted by molar-refractivity contribution is 7.91. The topological polar surface area (TPSA) is 74.9 Å². The van der Waals surface area contributed by atoms with E-state index in [0.29, 0.717) is 10.7 Å². The molecule has 1 aromatic carbocycles. The minimum absolute atomic E-state index is 0.240. The zero-order valence-corrected chi connectivity index (χ0v) is 11.0. The molecule has 0 amide bonds. The largest absolute Gasteiger partial charge is 0.468 e. The van der Waals surface area contributed by atoms with E-state index in [1.54, 1.807) is 36.4 Å². The Labute approximate surface area is 106 Å². The average Bonchev–Trinajstić information content (AvgIpc) is 2.84. The molecule has 2 aromatic rings. The van der Waals surface area contributed by atoms with Crippen LogP contribution in [0.1, 0.15) is 16.6 Å². The quantitative estimate of drug-likeness (QED) is 0.907. The summed E-state index contributed by atoms with van der Waals surface area (Å²) in [5, 5.41) is -0.727. The van der Waals surface area contributed by atoms with Gasteiger partial charge in [0.1, 0.15) is 5.76 Å². The van der Waals surface area contributed by atoms with E-state index in [0.717, 1.165) is 5.56 Å². The number of furan rings is 1. The summed E-state index contributed by atoms with van der Waals surface area (Å²) in [7, 11) is -3.45. The minimum atomic E-state index is -3.45. The second kappa shape index (κ2) is 4.96. The van der Waals surface area contributed by atoms with Crippen LogP contribution >= 0.6 is 0 Å². The highest BCUT2D eigenvalue weighted by Gasteiger charge is 2.31. The Hall–Kier alpha value is -1.59. The Bertz CT molecular complexity index is 600. The maximum atomic E-state index is 12.5.